The molecule has 1 aromatic carbocycles. The Bertz CT molecular complexity index is 644. The Morgan fingerprint density at radius 2 is 1.95 bits per heavy atom. The SMILES string of the molecule is CCOc1c(C(F)(F)F)cc([N+](=O)[O-])cc1S(=O)(=O)Cl. The van der Waals surface area contributed by atoms with E-state index in [0.717, 1.165) is 0 Å². The first kappa shape index (κ1) is 16.5. The van der Waals surface area contributed by atoms with Gasteiger partial charge in [-0.15, -0.1) is 0 Å². The number of hydrogen-bond acceptors (Lipinski definition) is 5. The fourth-order valence-corrected chi connectivity index (χ4v) is 2.37. The number of non-ortho nitro benzene ring substituents is 1. The average molecular weight is 334 g/mol. The first-order chi connectivity index (χ1) is 8.98. The molecule has 0 fully saturated rings. The molecule has 0 N–H and O–H groups in total. The smallest absolute Gasteiger partial charge is 0.420 e. The van der Waals surface area contributed by atoms with Crippen LogP contribution in [-0.2, 0) is 15.2 Å². The molecule has 0 aliphatic heterocycles. The van der Waals surface area contributed by atoms with Crippen molar-refractivity contribution in [2.45, 2.75) is 18.0 Å². The van der Waals surface area contributed by atoms with Crippen molar-refractivity contribution in [3.05, 3.63) is 27.8 Å². The Labute approximate surface area is 115 Å². The van der Waals surface area contributed by atoms with Crippen molar-refractivity contribution in [3.8, 4) is 5.75 Å². The number of benzene rings is 1. The van der Waals surface area contributed by atoms with Gasteiger partial charge in [-0.2, -0.15) is 13.2 Å². The van der Waals surface area contributed by atoms with Crippen LogP contribution in [0.25, 0.3) is 0 Å². The maximum atomic E-state index is 12.8. The van der Waals surface area contributed by atoms with Crippen molar-refractivity contribution in [1.29, 1.82) is 0 Å². The zero-order valence-corrected chi connectivity index (χ0v) is 11.3. The molecule has 0 aromatic heterocycles. The van der Waals surface area contributed by atoms with E-state index in [1.165, 1.54) is 6.92 Å². The van der Waals surface area contributed by atoms with Gasteiger partial charge in [0.1, 0.15) is 10.5 Å². The molecule has 20 heavy (non-hydrogen) atoms. The fraction of sp³-hybridized carbons (Fsp3) is 0.333. The first-order valence-electron chi connectivity index (χ1n) is 4.95. The van der Waals surface area contributed by atoms with Crippen LogP contribution in [0.15, 0.2) is 17.0 Å². The fourth-order valence-electron chi connectivity index (χ4n) is 1.38. The molecule has 0 amide bonds. The van der Waals surface area contributed by atoms with Gasteiger partial charge in [-0.1, -0.05) is 0 Å². The molecule has 6 nitrogen and oxygen atoms in total. The summed E-state index contributed by atoms with van der Waals surface area (Å²) < 4.78 is 65.7. The number of nitro benzene ring substituents is 1. The zero-order valence-electron chi connectivity index (χ0n) is 9.77. The summed E-state index contributed by atoms with van der Waals surface area (Å²) in [6.45, 7) is 1.05. The summed E-state index contributed by atoms with van der Waals surface area (Å²) >= 11 is 0. The summed E-state index contributed by atoms with van der Waals surface area (Å²) in [4.78, 5) is 8.34. The molecule has 0 spiro atoms. The summed E-state index contributed by atoms with van der Waals surface area (Å²) in [5.74, 6) is -1.06. The van der Waals surface area contributed by atoms with Crippen molar-refractivity contribution >= 4 is 25.4 Å². The van der Waals surface area contributed by atoms with Crippen LogP contribution >= 0.6 is 10.7 Å². The van der Waals surface area contributed by atoms with Gasteiger partial charge in [-0.25, -0.2) is 8.42 Å². The van der Waals surface area contributed by atoms with E-state index in [2.05, 4.69) is 4.74 Å². The molecule has 0 saturated carbocycles. The quantitative estimate of drug-likeness (QED) is 0.480. The van der Waals surface area contributed by atoms with Gasteiger partial charge >= 0.3 is 6.18 Å². The van der Waals surface area contributed by atoms with E-state index in [4.69, 9.17) is 10.7 Å². The minimum Gasteiger partial charge on any atom is -0.492 e. The van der Waals surface area contributed by atoms with E-state index in [9.17, 15) is 31.7 Å². The van der Waals surface area contributed by atoms with Crippen LogP contribution in [0.3, 0.4) is 0 Å². The molecule has 0 atom stereocenters. The van der Waals surface area contributed by atoms with Gasteiger partial charge < -0.3 is 4.74 Å². The first-order valence-corrected chi connectivity index (χ1v) is 7.26. The number of halogens is 4. The third-order valence-corrected chi connectivity index (χ3v) is 3.43. The molecule has 0 bridgehead atoms. The second-order valence-electron chi connectivity index (χ2n) is 3.45. The predicted octanol–water partition coefficient (Wildman–Crippen LogP) is 2.94. The highest BCUT2D eigenvalue weighted by molar-refractivity contribution is 8.13. The number of rotatable bonds is 4. The highest BCUT2D eigenvalue weighted by atomic mass is 35.7. The molecule has 1 aromatic rings. The number of ether oxygens (including phenoxy) is 1. The Hall–Kier alpha value is -1.55. The van der Waals surface area contributed by atoms with Crippen LogP contribution in [0.1, 0.15) is 12.5 Å². The van der Waals surface area contributed by atoms with Crippen molar-refractivity contribution in [3.63, 3.8) is 0 Å². The molecule has 0 heterocycles. The molecule has 0 aliphatic rings. The lowest BCUT2D eigenvalue weighted by molar-refractivity contribution is -0.385. The van der Waals surface area contributed by atoms with E-state index in [0.29, 0.717) is 6.07 Å². The summed E-state index contributed by atoms with van der Waals surface area (Å²) in [6.07, 6.45) is -5.03. The van der Waals surface area contributed by atoms with Gasteiger partial charge in [0.25, 0.3) is 14.7 Å². The van der Waals surface area contributed by atoms with Crippen LogP contribution in [0.2, 0.25) is 0 Å². The minimum atomic E-state index is -5.03. The highest BCUT2D eigenvalue weighted by Gasteiger charge is 2.39. The lowest BCUT2D eigenvalue weighted by atomic mass is 10.1. The van der Waals surface area contributed by atoms with Gasteiger partial charge in [-0.3, -0.25) is 10.1 Å². The number of nitrogens with zero attached hydrogens (tertiary/aromatic N) is 1. The third-order valence-electron chi connectivity index (χ3n) is 2.11. The van der Waals surface area contributed by atoms with Gasteiger partial charge in [0.2, 0.25) is 0 Å². The summed E-state index contributed by atoms with van der Waals surface area (Å²) in [5, 5.41) is 10.6. The molecular formula is C9H7ClF3NO5S. The summed E-state index contributed by atoms with van der Waals surface area (Å²) in [5.41, 5.74) is -2.63. The van der Waals surface area contributed by atoms with Gasteiger partial charge in [0, 0.05) is 22.8 Å². The average Bonchev–Trinajstić information content (AvgIpc) is 2.26. The molecule has 0 unspecified atom stereocenters. The van der Waals surface area contributed by atoms with Crippen LogP contribution in [0.5, 0.6) is 5.75 Å². The zero-order chi connectivity index (χ0) is 15.7. The number of nitro groups is 1. The Balaban J connectivity index is 3.81. The van der Waals surface area contributed by atoms with Crippen LogP contribution in [0.4, 0.5) is 18.9 Å². The molecule has 1 rings (SSSR count). The van der Waals surface area contributed by atoms with Gasteiger partial charge in [-0.05, 0) is 6.92 Å². The van der Waals surface area contributed by atoms with Gasteiger partial charge in [0.05, 0.1) is 11.5 Å². The molecule has 0 saturated heterocycles. The lowest BCUT2D eigenvalue weighted by Crippen LogP contribution is -2.12. The Morgan fingerprint density at radius 1 is 1.40 bits per heavy atom. The second kappa shape index (κ2) is 5.44. The maximum Gasteiger partial charge on any atom is 0.420 e. The van der Waals surface area contributed by atoms with E-state index in [-0.39, 0.29) is 12.7 Å². The van der Waals surface area contributed by atoms with Crippen LogP contribution < -0.4 is 4.74 Å². The van der Waals surface area contributed by atoms with Crippen molar-refractivity contribution in [2.24, 2.45) is 0 Å². The largest absolute Gasteiger partial charge is 0.492 e. The lowest BCUT2D eigenvalue weighted by Gasteiger charge is -2.15. The van der Waals surface area contributed by atoms with E-state index in [1.807, 2.05) is 0 Å². The molecule has 0 radical (unpaired) electrons. The number of alkyl halides is 3. The predicted molar refractivity (Wildman–Crippen MR) is 62.3 cm³/mol. The van der Waals surface area contributed by atoms with Crippen LogP contribution in [-0.4, -0.2) is 19.9 Å². The maximum absolute atomic E-state index is 12.8. The van der Waals surface area contributed by atoms with E-state index < -0.39 is 42.0 Å². The van der Waals surface area contributed by atoms with E-state index in [1.54, 1.807) is 0 Å². The van der Waals surface area contributed by atoms with Crippen molar-refractivity contribution in [2.75, 3.05) is 6.61 Å². The van der Waals surface area contributed by atoms with Crippen LogP contribution in [0, 0.1) is 10.1 Å². The second-order valence-corrected chi connectivity index (χ2v) is 5.98. The molecule has 0 aliphatic carbocycles. The normalized spacial score (nSPS) is 12.2. The minimum absolute atomic E-state index is 0.191. The van der Waals surface area contributed by atoms with E-state index >= 15 is 0 Å². The summed E-state index contributed by atoms with van der Waals surface area (Å²) in [6, 6.07) is 0.610. The molecule has 112 valence electrons. The highest BCUT2D eigenvalue weighted by Crippen LogP contribution is 2.43. The summed E-state index contributed by atoms with van der Waals surface area (Å²) in [7, 11) is 0.349. The topological polar surface area (TPSA) is 86.5 Å². The van der Waals surface area contributed by atoms with Crippen molar-refractivity contribution in [1.82, 2.24) is 0 Å². The third kappa shape index (κ3) is 3.51. The monoisotopic (exact) mass is 333 g/mol. The molecular weight excluding hydrogens is 327 g/mol. The Morgan fingerprint density at radius 3 is 2.30 bits per heavy atom. The van der Waals surface area contributed by atoms with Crippen molar-refractivity contribution < 1.29 is 31.2 Å². The van der Waals surface area contributed by atoms with Gasteiger partial charge in [0.15, 0.2) is 5.75 Å². The molecule has 11 heteroatoms. The number of hydrogen-bond donors (Lipinski definition) is 0. The standard InChI is InChI=1S/C9H7ClF3NO5S/c1-2-19-8-6(9(11,12)13)3-5(14(15)16)4-7(8)20(10,17)18/h3-4H,2H2,1H3. The Kier molecular flexibility index (Phi) is 4.49.